The van der Waals surface area contributed by atoms with Gasteiger partial charge in [0.05, 0.1) is 11.8 Å². The molecule has 1 aromatic heterocycles. The molecule has 84 valence electrons. The summed E-state index contributed by atoms with van der Waals surface area (Å²) in [5, 5.41) is 17.0. The van der Waals surface area contributed by atoms with Crippen molar-refractivity contribution in [2.24, 2.45) is 0 Å². The molecule has 16 heavy (non-hydrogen) atoms. The van der Waals surface area contributed by atoms with Gasteiger partial charge in [-0.3, -0.25) is 0 Å². The summed E-state index contributed by atoms with van der Waals surface area (Å²) in [5.74, 6) is -2.28. The van der Waals surface area contributed by atoms with Gasteiger partial charge >= 0.3 is 12.3 Å². The molecule has 0 fully saturated rings. The van der Waals surface area contributed by atoms with Gasteiger partial charge in [-0.15, -0.1) is 13.2 Å². The topological polar surface area (TPSA) is 83.2 Å². The van der Waals surface area contributed by atoms with Gasteiger partial charge in [-0.1, -0.05) is 0 Å². The Kier molecular flexibility index (Phi) is 2.99. The van der Waals surface area contributed by atoms with E-state index in [1.165, 1.54) is 6.07 Å². The predicted octanol–water partition coefficient (Wildman–Crippen LogP) is 1.55. The number of aromatic carboxylic acids is 1. The van der Waals surface area contributed by atoms with Crippen LogP contribution in [-0.2, 0) is 0 Å². The minimum absolute atomic E-state index is 0.536. The van der Waals surface area contributed by atoms with Crippen LogP contribution < -0.4 is 4.74 Å². The molecule has 0 spiro atoms. The fourth-order valence-electron chi connectivity index (χ4n) is 0.853. The van der Waals surface area contributed by atoms with E-state index in [9.17, 15) is 18.0 Å². The summed E-state index contributed by atoms with van der Waals surface area (Å²) >= 11 is 0. The summed E-state index contributed by atoms with van der Waals surface area (Å²) in [6.45, 7) is 0. The first-order valence-electron chi connectivity index (χ1n) is 3.72. The lowest BCUT2D eigenvalue weighted by Gasteiger charge is -2.09. The Morgan fingerprint density at radius 3 is 2.62 bits per heavy atom. The number of pyridine rings is 1. The summed E-state index contributed by atoms with van der Waals surface area (Å²) in [7, 11) is 0. The van der Waals surface area contributed by atoms with Crippen molar-refractivity contribution in [2.75, 3.05) is 0 Å². The van der Waals surface area contributed by atoms with Crippen molar-refractivity contribution < 1.29 is 27.8 Å². The Morgan fingerprint density at radius 1 is 1.56 bits per heavy atom. The largest absolute Gasteiger partial charge is 0.573 e. The van der Waals surface area contributed by atoms with Gasteiger partial charge < -0.3 is 9.84 Å². The molecule has 0 amide bonds. The number of hydrogen-bond donors (Lipinski definition) is 1. The van der Waals surface area contributed by atoms with Crippen LogP contribution >= 0.6 is 0 Å². The van der Waals surface area contributed by atoms with Crippen molar-refractivity contribution in [3.63, 3.8) is 0 Å². The smallest absolute Gasteiger partial charge is 0.477 e. The van der Waals surface area contributed by atoms with E-state index < -0.39 is 29.3 Å². The molecule has 0 aromatic carbocycles. The molecular formula is C8H3F3N2O3. The molecule has 0 aliphatic rings. The van der Waals surface area contributed by atoms with E-state index in [4.69, 9.17) is 10.4 Å². The monoisotopic (exact) mass is 232 g/mol. The van der Waals surface area contributed by atoms with Crippen LogP contribution in [0.1, 0.15) is 16.1 Å². The molecule has 0 saturated carbocycles. The zero-order valence-corrected chi connectivity index (χ0v) is 7.45. The van der Waals surface area contributed by atoms with Gasteiger partial charge in [0.1, 0.15) is 11.8 Å². The van der Waals surface area contributed by atoms with E-state index >= 15 is 0 Å². The van der Waals surface area contributed by atoms with E-state index in [-0.39, 0.29) is 0 Å². The van der Waals surface area contributed by atoms with Crippen molar-refractivity contribution in [3.05, 3.63) is 23.5 Å². The molecule has 0 bridgehead atoms. The number of hydrogen-bond acceptors (Lipinski definition) is 4. The third-order valence-corrected chi connectivity index (χ3v) is 1.43. The minimum atomic E-state index is -4.96. The van der Waals surface area contributed by atoms with E-state index in [0.717, 1.165) is 0 Å². The van der Waals surface area contributed by atoms with Gasteiger partial charge in [-0.05, 0) is 6.07 Å². The molecule has 8 heteroatoms. The highest BCUT2D eigenvalue weighted by molar-refractivity contribution is 5.85. The molecule has 0 unspecified atom stereocenters. The van der Waals surface area contributed by atoms with Crippen molar-refractivity contribution in [3.8, 4) is 11.8 Å². The first-order chi connectivity index (χ1) is 7.33. The molecule has 0 atom stereocenters. The Bertz CT molecular complexity index is 465. The number of ether oxygens (including phenoxy) is 1. The number of halogens is 3. The SMILES string of the molecule is N#Cc1cc(C(=O)O)ncc1OC(F)(F)F. The third kappa shape index (κ3) is 2.84. The normalized spacial score (nSPS) is 10.6. The first-order valence-corrected chi connectivity index (χ1v) is 3.72. The summed E-state index contributed by atoms with van der Waals surface area (Å²) in [6, 6.07) is 2.08. The molecule has 0 aliphatic heterocycles. The molecule has 0 saturated heterocycles. The summed E-state index contributed by atoms with van der Waals surface area (Å²) < 4.78 is 39.0. The van der Waals surface area contributed by atoms with Crippen LogP contribution in [0.25, 0.3) is 0 Å². The number of carboxylic acid groups (broad SMARTS) is 1. The van der Waals surface area contributed by atoms with Crippen molar-refractivity contribution in [1.29, 1.82) is 5.26 Å². The third-order valence-electron chi connectivity index (χ3n) is 1.43. The quantitative estimate of drug-likeness (QED) is 0.836. The number of rotatable bonds is 2. The number of aromatic nitrogens is 1. The average molecular weight is 232 g/mol. The fourth-order valence-corrected chi connectivity index (χ4v) is 0.853. The zero-order valence-electron chi connectivity index (χ0n) is 7.45. The first kappa shape index (κ1) is 11.8. The lowest BCUT2D eigenvalue weighted by Crippen LogP contribution is -2.18. The molecule has 1 heterocycles. The Hall–Kier alpha value is -2.30. The van der Waals surface area contributed by atoms with E-state index in [0.29, 0.717) is 12.3 Å². The number of nitriles is 1. The molecule has 1 aromatic rings. The highest BCUT2D eigenvalue weighted by Gasteiger charge is 2.32. The molecular weight excluding hydrogens is 229 g/mol. The van der Waals surface area contributed by atoms with Gasteiger partial charge in [-0.2, -0.15) is 5.26 Å². The summed E-state index contributed by atoms with van der Waals surface area (Å²) in [4.78, 5) is 13.6. The van der Waals surface area contributed by atoms with Crippen LogP contribution in [0.15, 0.2) is 12.3 Å². The summed E-state index contributed by atoms with van der Waals surface area (Å²) in [6.07, 6.45) is -4.42. The lowest BCUT2D eigenvalue weighted by atomic mass is 10.2. The van der Waals surface area contributed by atoms with Crippen molar-refractivity contribution in [1.82, 2.24) is 4.98 Å². The number of alkyl halides is 3. The maximum Gasteiger partial charge on any atom is 0.573 e. The van der Waals surface area contributed by atoms with Crippen LogP contribution in [0.2, 0.25) is 0 Å². The average Bonchev–Trinajstić information content (AvgIpc) is 2.15. The van der Waals surface area contributed by atoms with Crippen LogP contribution in [0, 0.1) is 11.3 Å². The van der Waals surface area contributed by atoms with Crippen LogP contribution in [0.4, 0.5) is 13.2 Å². The van der Waals surface area contributed by atoms with E-state index in [1.54, 1.807) is 0 Å². The van der Waals surface area contributed by atoms with E-state index in [1.807, 2.05) is 0 Å². The molecule has 5 nitrogen and oxygen atoms in total. The number of carboxylic acids is 1. The minimum Gasteiger partial charge on any atom is -0.477 e. The lowest BCUT2D eigenvalue weighted by molar-refractivity contribution is -0.274. The van der Waals surface area contributed by atoms with Crippen LogP contribution in [0.3, 0.4) is 0 Å². The number of nitrogens with zero attached hydrogens (tertiary/aromatic N) is 2. The number of carbonyl (C=O) groups is 1. The molecule has 1 rings (SSSR count). The van der Waals surface area contributed by atoms with Gasteiger partial charge in [0, 0.05) is 0 Å². The maximum absolute atomic E-state index is 11.8. The van der Waals surface area contributed by atoms with Crippen molar-refractivity contribution in [2.45, 2.75) is 6.36 Å². The second-order valence-electron chi connectivity index (χ2n) is 2.53. The Balaban J connectivity index is 3.14. The highest BCUT2D eigenvalue weighted by atomic mass is 19.4. The second-order valence-corrected chi connectivity index (χ2v) is 2.53. The van der Waals surface area contributed by atoms with Crippen molar-refractivity contribution >= 4 is 5.97 Å². The zero-order chi connectivity index (χ0) is 12.3. The maximum atomic E-state index is 11.8. The van der Waals surface area contributed by atoms with Crippen LogP contribution in [-0.4, -0.2) is 22.4 Å². The van der Waals surface area contributed by atoms with Gasteiger partial charge in [0.15, 0.2) is 5.75 Å². The Morgan fingerprint density at radius 2 is 2.19 bits per heavy atom. The van der Waals surface area contributed by atoms with Gasteiger partial charge in [0.25, 0.3) is 0 Å². The van der Waals surface area contributed by atoms with Gasteiger partial charge in [0.2, 0.25) is 0 Å². The standard InChI is InChI=1S/C8H3F3N2O3/c9-8(10,11)16-6-3-13-5(7(14)15)1-4(6)2-12/h1,3H,(H,14,15). The molecule has 1 N–H and O–H groups in total. The highest BCUT2D eigenvalue weighted by Crippen LogP contribution is 2.25. The summed E-state index contributed by atoms with van der Waals surface area (Å²) in [5.41, 5.74) is -1.09. The molecule has 0 aliphatic carbocycles. The van der Waals surface area contributed by atoms with E-state index in [2.05, 4.69) is 9.72 Å². The van der Waals surface area contributed by atoms with Gasteiger partial charge in [-0.25, -0.2) is 9.78 Å². The predicted molar refractivity (Wildman–Crippen MR) is 42.6 cm³/mol. The molecule has 0 radical (unpaired) electrons. The Labute approximate surface area is 86.7 Å². The van der Waals surface area contributed by atoms with Crippen LogP contribution in [0.5, 0.6) is 5.75 Å². The fraction of sp³-hybridized carbons (Fsp3) is 0.125. The second kappa shape index (κ2) is 4.06.